The van der Waals surface area contributed by atoms with Crippen LogP contribution in [0.1, 0.15) is 50.7 Å². The highest BCUT2D eigenvalue weighted by atomic mass is 16.2. The van der Waals surface area contributed by atoms with Crippen LogP contribution in [0.4, 0.5) is 0 Å². The van der Waals surface area contributed by atoms with Gasteiger partial charge in [0.15, 0.2) is 0 Å². The lowest BCUT2D eigenvalue weighted by molar-refractivity contribution is -0.123. The van der Waals surface area contributed by atoms with E-state index in [0.29, 0.717) is 12.0 Å². The van der Waals surface area contributed by atoms with Crippen LogP contribution in [0.15, 0.2) is 24.3 Å². The Hall–Kier alpha value is -1.35. The molecular weight excluding hydrogens is 248 g/mol. The van der Waals surface area contributed by atoms with Gasteiger partial charge in [-0.25, -0.2) is 0 Å². The van der Waals surface area contributed by atoms with E-state index in [1.54, 1.807) is 0 Å². The number of nitrogens with one attached hydrogen (secondary N) is 2. The monoisotopic (exact) mass is 274 g/mol. The number of benzene rings is 1. The summed E-state index contributed by atoms with van der Waals surface area (Å²) in [5.74, 6) is 0.742. The van der Waals surface area contributed by atoms with Gasteiger partial charge in [-0.3, -0.25) is 4.79 Å². The summed E-state index contributed by atoms with van der Waals surface area (Å²) >= 11 is 0. The SMILES string of the molecule is Cc1cccc(C2CC(NC(C)C(=O)NC(C)C)C2)c1. The van der Waals surface area contributed by atoms with E-state index >= 15 is 0 Å². The highest BCUT2D eigenvalue weighted by molar-refractivity contribution is 5.81. The van der Waals surface area contributed by atoms with E-state index in [0.717, 1.165) is 12.8 Å². The van der Waals surface area contributed by atoms with Crippen LogP contribution >= 0.6 is 0 Å². The lowest BCUT2D eigenvalue weighted by atomic mass is 9.75. The van der Waals surface area contributed by atoms with Crippen molar-refractivity contribution in [2.24, 2.45) is 0 Å². The Morgan fingerprint density at radius 1 is 1.25 bits per heavy atom. The van der Waals surface area contributed by atoms with Crippen molar-refractivity contribution in [2.75, 3.05) is 0 Å². The smallest absolute Gasteiger partial charge is 0.237 e. The average Bonchev–Trinajstić information content (AvgIpc) is 2.31. The van der Waals surface area contributed by atoms with Crippen molar-refractivity contribution >= 4 is 5.91 Å². The van der Waals surface area contributed by atoms with Crippen molar-refractivity contribution < 1.29 is 4.79 Å². The summed E-state index contributed by atoms with van der Waals surface area (Å²) in [4.78, 5) is 11.9. The molecule has 1 saturated carbocycles. The van der Waals surface area contributed by atoms with Crippen LogP contribution in [0.25, 0.3) is 0 Å². The second-order valence-electron chi connectivity index (χ2n) is 6.33. The van der Waals surface area contributed by atoms with E-state index in [2.05, 4.69) is 41.8 Å². The first-order chi connectivity index (χ1) is 9.45. The Kier molecular flexibility index (Phi) is 4.81. The molecule has 1 aliphatic carbocycles. The fourth-order valence-electron chi connectivity index (χ4n) is 2.79. The highest BCUT2D eigenvalue weighted by Crippen LogP contribution is 2.37. The average molecular weight is 274 g/mol. The third kappa shape index (κ3) is 3.83. The predicted octanol–water partition coefficient (Wildman–Crippen LogP) is 2.74. The molecule has 0 heterocycles. The molecule has 1 atom stereocenters. The molecule has 20 heavy (non-hydrogen) atoms. The van der Waals surface area contributed by atoms with E-state index in [1.807, 2.05) is 20.8 Å². The molecule has 2 rings (SSSR count). The first-order valence-electron chi connectivity index (χ1n) is 7.58. The summed E-state index contributed by atoms with van der Waals surface area (Å²) in [7, 11) is 0. The minimum Gasteiger partial charge on any atom is -0.353 e. The van der Waals surface area contributed by atoms with Gasteiger partial charge in [-0.15, -0.1) is 0 Å². The van der Waals surface area contributed by atoms with Crippen molar-refractivity contribution in [1.82, 2.24) is 10.6 Å². The maximum Gasteiger partial charge on any atom is 0.237 e. The Balaban J connectivity index is 1.78. The number of carbonyl (C=O) groups excluding carboxylic acids is 1. The van der Waals surface area contributed by atoms with Gasteiger partial charge in [-0.1, -0.05) is 29.8 Å². The van der Waals surface area contributed by atoms with Gasteiger partial charge >= 0.3 is 0 Å². The molecule has 1 aliphatic rings. The molecule has 0 saturated heterocycles. The maximum absolute atomic E-state index is 11.9. The second kappa shape index (κ2) is 6.40. The van der Waals surface area contributed by atoms with Gasteiger partial charge in [-0.05, 0) is 52.0 Å². The first-order valence-corrected chi connectivity index (χ1v) is 7.58. The molecule has 1 aromatic rings. The highest BCUT2D eigenvalue weighted by Gasteiger charge is 2.32. The van der Waals surface area contributed by atoms with E-state index in [4.69, 9.17) is 0 Å². The van der Waals surface area contributed by atoms with Gasteiger partial charge < -0.3 is 10.6 Å². The van der Waals surface area contributed by atoms with Crippen LogP contribution < -0.4 is 10.6 Å². The van der Waals surface area contributed by atoms with E-state index < -0.39 is 0 Å². The molecule has 3 heteroatoms. The van der Waals surface area contributed by atoms with Crippen LogP contribution in [-0.2, 0) is 4.79 Å². The third-order valence-corrected chi connectivity index (χ3v) is 3.96. The molecule has 1 aromatic carbocycles. The normalized spacial score (nSPS) is 23.2. The zero-order chi connectivity index (χ0) is 14.7. The Bertz CT molecular complexity index is 464. The lowest BCUT2D eigenvalue weighted by Crippen LogP contribution is -2.51. The van der Waals surface area contributed by atoms with Gasteiger partial charge in [0.25, 0.3) is 0 Å². The van der Waals surface area contributed by atoms with Gasteiger partial charge in [0, 0.05) is 12.1 Å². The van der Waals surface area contributed by atoms with E-state index in [-0.39, 0.29) is 18.0 Å². The van der Waals surface area contributed by atoms with E-state index in [1.165, 1.54) is 11.1 Å². The number of rotatable bonds is 5. The van der Waals surface area contributed by atoms with Crippen molar-refractivity contribution in [3.05, 3.63) is 35.4 Å². The molecule has 110 valence electrons. The van der Waals surface area contributed by atoms with E-state index in [9.17, 15) is 4.79 Å². The zero-order valence-corrected chi connectivity index (χ0v) is 12.9. The molecule has 0 bridgehead atoms. The molecule has 0 radical (unpaired) electrons. The number of amides is 1. The summed E-state index contributed by atoms with van der Waals surface area (Å²) in [6.45, 7) is 8.05. The van der Waals surface area contributed by atoms with Crippen LogP contribution in [0.5, 0.6) is 0 Å². The summed E-state index contributed by atoms with van der Waals surface area (Å²) in [6, 6.07) is 9.31. The van der Waals surface area contributed by atoms with Crippen molar-refractivity contribution in [3.63, 3.8) is 0 Å². The zero-order valence-electron chi connectivity index (χ0n) is 12.9. The summed E-state index contributed by atoms with van der Waals surface area (Å²) in [5, 5.41) is 6.37. The molecule has 0 aromatic heterocycles. The molecule has 1 unspecified atom stereocenters. The van der Waals surface area contributed by atoms with Gasteiger partial charge in [0.2, 0.25) is 5.91 Å². The predicted molar refractivity (Wildman–Crippen MR) is 82.8 cm³/mol. The second-order valence-corrected chi connectivity index (χ2v) is 6.33. The minimum absolute atomic E-state index is 0.0963. The topological polar surface area (TPSA) is 41.1 Å². The summed E-state index contributed by atoms with van der Waals surface area (Å²) in [5.41, 5.74) is 2.76. The standard InChI is InChI=1S/C17H26N2O/c1-11(2)18-17(20)13(4)19-16-9-15(10-16)14-7-5-6-12(3)8-14/h5-8,11,13,15-16,19H,9-10H2,1-4H3,(H,18,20). The first kappa shape index (κ1) is 15.0. The van der Waals surface area contributed by atoms with Crippen LogP contribution in [0.2, 0.25) is 0 Å². The minimum atomic E-state index is -0.110. The number of hydrogen-bond acceptors (Lipinski definition) is 2. The van der Waals surface area contributed by atoms with Crippen molar-refractivity contribution in [1.29, 1.82) is 0 Å². The molecular formula is C17H26N2O. The van der Waals surface area contributed by atoms with Gasteiger partial charge in [0.05, 0.1) is 6.04 Å². The van der Waals surface area contributed by atoms with Crippen molar-refractivity contribution in [3.8, 4) is 0 Å². The lowest BCUT2D eigenvalue weighted by Gasteiger charge is -2.38. The molecule has 1 amide bonds. The summed E-state index contributed by atoms with van der Waals surface area (Å²) < 4.78 is 0. The van der Waals surface area contributed by atoms with Gasteiger partial charge in [-0.2, -0.15) is 0 Å². The van der Waals surface area contributed by atoms with Crippen LogP contribution in [0, 0.1) is 6.92 Å². The van der Waals surface area contributed by atoms with Gasteiger partial charge in [0.1, 0.15) is 0 Å². The van der Waals surface area contributed by atoms with Crippen molar-refractivity contribution in [2.45, 2.75) is 64.6 Å². The Morgan fingerprint density at radius 2 is 1.95 bits per heavy atom. The molecule has 0 spiro atoms. The molecule has 2 N–H and O–H groups in total. The maximum atomic E-state index is 11.9. The fraction of sp³-hybridized carbons (Fsp3) is 0.588. The largest absolute Gasteiger partial charge is 0.353 e. The Labute approximate surface area is 122 Å². The third-order valence-electron chi connectivity index (χ3n) is 3.96. The Morgan fingerprint density at radius 3 is 2.55 bits per heavy atom. The molecule has 1 fully saturated rings. The van der Waals surface area contributed by atoms with Crippen LogP contribution in [-0.4, -0.2) is 24.0 Å². The number of aryl methyl sites for hydroxylation is 1. The van der Waals surface area contributed by atoms with Crippen LogP contribution in [0.3, 0.4) is 0 Å². The summed E-state index contributed by atoms with van der Waals surface area (Å²) in [6.07, 6.45) is 2.26. The number of carbonyl (C=O) groups is 1. The number of hydrogen-bond donors (Lipinski definition) is 2. The quantitative estimate of drug-likeness (QED) is 0.867. The molecule has 0 aliphatic heterocycles. The fourth-order valence-corrected chi connectivity index (χ4v) is 2.79. The molecule has 3 nitrogen and oxygen atoms in total.